The number of nitrogens with zero attached hydrogens (tertiary/aromatic N) is 5. The minimum absolute atomic E-state index is 0.0324. The Balaban J connectivity index is 1.52. The number of sulfonamides is 1. The fourth-order valence-electron chi connectivity index (χ4n) is 4.55. The maximum absolute atomic E-state index is 12.9. The van der Waals surface area contributed by atoms with Crippen molar-refractivity contribution in [2.75, 3.05) is 51.3 Å². The molecule has 9 nitrogen and oxygen atoms in total. The Kier molecular flexibility index (Phi) is 7.30. The molecule has 0 bridgehead atoms. The van der Waals surface area contributed by atoms with Gasteiger partial charge in [0.25, 0.3) is 5.91 Å². The van der Waals surface area contributed by atoms with Crippen LogP contribution in [0.2, 0.25) is 0 Å². The number of carbonyl (C=O) groups is 1. The summed E-state index contributed by atoms with van der Waals surface area (Å²) in [6.07, 6.45) is 5.02. The number of hydrogen-bond donors (Lipinski definition) is 1. The van der Waals surface area contributed by atoms with E-state index >= 15 is 0 Å². The minimum Gasteiger partial charge on any atom is -0.373 e. The maximum Gasteiger partial charge on any atom is 0.272 e. The number of carbonyl (C=O) groups excluding carboxylic acids is 1. The van der Waals surface area contributed by atoms with Crippen molar-refractivity contribution in [2.45, 2.75) is 51.6 Å². The number of hydrogen-bond acceptors (Lipinski definition) is 7. The van der Waals surface area contributed by atoms with Crippen molar-refractivity contribution in [3.63, 3.8) is 0 Å². The summed E-state index contributed by atoms with van der Waals surface area (Å²) in [6, 6.07) is 0.539. The molecule has 2 saturated heterocycles. The number of nitrogens with one attached hydrogen (secondary N) is 1. The predicted octanol–water partition coefficient (Wildman–Crippen LogP) is 1.18. The summed E-state index contributed by atoms with van der Waals surface area (Å²) < 4.78 is 25.8. The number of likely N-dealkylation sites (tertiary alicyclic amines) is 2. The lowest BCUT2D eigenvalue weighted by atomic mass is 9.97. The predicted molar refractivity (Wildman–Crippen MR) is 117 cm³/mol. The van der Waals surface area contributed by atoms with Crippen LogP contribution in [0.5, 0.6) is 0 Å². The Morgan fingerprint density at radius 1 is 1.17 bits per heavy atom. The van der Waals surface area contributed by atoms with Gasteiger partial charge in [0.1, 0.15) is 17.8 Å². The Morgan fingerprint density at radius 3 is 2.37 bits per heavy atom. The third-order valence-corrected chi connectivity index (χ3v) is 8.51. The van der Waals surface area contributed by atoms with E-state index in [1.165, 1.54) is 6.33 Å². The largest absolute Gasteiger partial charge is 0.373 e. The number of rotatable bonds is 6. The van der Waals surface area contributed by atoms with E-state index in [0.717, 1.165) is 44.3 Å². The third kappa shape index (κ3) is 4.76. The second-order valence-electron chi connectivity index (χ2n) is 8.15. The van der Waals surface area contributed by atoms with Gasteiger partial charge in [0.05, 0.1) is 5.75 Å². The lowest BCUT2D eigenvalue weighted by Crippen LogP contribution is -2.52. The molecule has 1 aromatic rings. The molecule has 2 aliphatic rings. The van der Waals surface area contributed by atoms with Gasteiger partial charge in [-0.05, 0) is 52.6 Å². The monoisotopic (exact) mass is 438 g/mol. The first kappa shape index (κ1) is 22.9. The quantitative estimate of drug-likeness (QED) is 0.712. The number of piperidine rings is 2. The van der Waals surface area contributed by atoms with Crippen molar-refractivity contribution in [3.05, 3.63) is 17.6 Å². The van der Waals surface area contributed by atoms with Gasteiger partial charge >= 0.3 is 0 Å². The number of aromatic nitrogens is 2. The first-order chi connectivity index (χ1) is 14.3. The van der Waals surface area contributed by atoms with E-state index in [1.54, 1.807) is 25.3 Å². The van der Waals surface area contributed by atoms with Crippen molar-refractivity contribution in [1.82, 2.24) is 24.1 Å². The van der Waals surface area contributed by atoms with Crippen LogP contribution in [0, 0.1) is 6.92 Å². The fourth-order valence-corrected chi connectivity index (χ4v) is 5.62. The molecule has 0 aromatic carbocycles. The first-order valence-electron chi connectivity index (χ1n) is 10.8. The average molecular weight is 439 g/mol. The molecule has 10 heteroatoms. The van der Waals surface area contributed by atoms with Crippen LogP contribution in [-0.4, -0.2) is 96.5 Å². The number of amides is 1. The highest BCUT2D eigenvalue weighted by atomic mass is 32.2. The normalized spacial score (nSPS) is 20.0. The first-order valence-corrected chi connectivity index (χ1v) is 12.4. The third-order valence-electron chi connectivity index (χ3n) is 6.61. The molecule has 1 N–H and O–H groups in total. The van der Waals surface area contributed by atoms with Crippen LogP contribution in [0.1, 0.15) is 48.7 Å². The fraction of sp³-hybridized carbons (Fsp3) is 0.750. The Labute approximate surface area is 179 Å². The van der Waals surface area contributed by atoms with Crippen molar-refractivity contribution in [3.8, 4) is 0 Å². The van der Waals surface area contributed by atoms with Crippen LogP contribution >= 0.6 is 0 Å². The van der Waals surface area contributed by atoms with Crippen molar-refractivity contribution in [1.29, 1.82) is 0 Å². The summed E-state index contributed by atoms with van der Waals surface area (Å²) in [6.45, 7) is 6.80. The van der Waals surface area contributed by atoms with Gasteiger partial charge in [-0.15, -0.1) is 0 Å². The van der Waals surface area contributed by atoms with Crippen LogP contribution in [0.3, 0.4) is 0 Å². The Bertz CT molecular complexity index is 846. The van der Waals surface area contributed by atoms with Gasteiger partial charge < -0.3 is 15.1 Å². The zero-order valence-corrected chi connectivity index (χ0v) is 19.3. The van der Waals surface area contributed by atoms with Crippen molar-refractivity contribution in [2.24, 2.45) is 0 Å². The zero-order valence-electron chi connectivity index (χ0n) is 18.5. The molecule has 2 aliphatic heterocycles. The van der Waals surface area contributed by atoms with Crippen LogP contribution in [-0.2, 0) is 10.0 Å². The van der Waals surface area contributed by atoms with E-state index in [1.807, 2.05) is 11.8 Å². The van der Waals surface area contributed by atoms with Crippen molar-refractivity contribution >= 4 is 21.7 Å². The van der Waals surface area contributed by atoms with E-state index in [9.17, 15) is 13.2 Å². The molecule has 168 valence electrons. The van der Waals surface area contributed by atoms with Gasteiger partial charge in [-0.25, -0.2) is 22.7 Å². The molecule has 0 unspecified atom stereocenters. The van der Waals surface area contributed by atoms with E-state index in [2.05, 4.69) is 20.2 Å². The summed E-state index contributed by atoms with van der Waals surface area (Å²) in [5.74, 6) is 0.800. The molecule has 0 spiro atoms. The molecule has 3 rings (SSSR count). The van der Waals surface area contributed by atoms with Crippen LogP contribution in [0.25, 0.3) is 0 Å². The SMILES string of the molecule is CCS(=O)(=O)N(C)C1CCN(C2CCN(C(=O)c3ncnc(NC)c3C)CC2)CC1. The molecule has 1 amide bonds. The van der Waals surface area contributed by atoms with Gasteiger partial charge in [0.2, 0.25) is 10.0 Å². The molecule has 0 aliphatic carbocycles. The molecule has 0 radical (unpaired) electrons. The molecule has 0 saturated carbocycles. The van der Waals surface area contributed by atoms with E-state index < -0.39 is 10.0 Å². The standard InChI is InChI=1S/C20H34N6O3S/c1-5-30(28,29)24(4)16-6-10-25(11-7-16)17-8-12-26(13-9-17)20(27)18-15(2)19(21-3)23-14-22-18/h14,16-17H,5-13H2,1-4H3,(H,21,22,23). The molecule has 3 heterocycles. The summed E-state index contributed by atoms with van der Waals surface area (Å²) >= 11 is 0. The molecule has 0 atom stereocenters. The second-order valence-corrected chi connectivity index (χ2v) is 10.5. The van der Waals surface area contributed by atoms with E-state index in [-0.39, 0.29) is 17.7 Å². The van der Waals surface area contributed by atoms with Gasteiger partial charge in [-0.2, -0.15) is 0 Å². The highest BCUT2D eigenvalue weighted by Gasteiger charge is 2.33. The molecular formula is C20H34N6O3S. The molecule has 2 fully saturated rings. The Hall–Kier alpha value is -1.78. The van der Waals surface area contributed by atoms with Gasteiger partial charge in [-0.3, -0.25) is 4.79 Å². The van der Waals surface area contributed by atoms with E-state index in [4.69, 9.17) is 0 Å². The zero-order chi connectivity index (χ0) is 21.9. The van der Waals surface area contributed by atoms with Crippen LogP contribution in [0.4, 0.5) is 5.82 Å². The highest BCUT2D eigenvalue weighted by Crippen LogP contribution is 2.25. The minimum atomic E-state index is -3.14. The average Bonchev–Trinajstić information content (AvgIpc) is 2.78. The lowest BCUT2D eigenvalue weighted by Gasteiger charge is -2.43. The van der Waals surface area contributed by atoms with Gasteiger partial charge in [-0.1, -0.05) is 0 Å². The highest BCUT2D eigenvalue weighted by molar-refractivity contribution is 7.89. The van der Waals surface area contributed by atoms with Crippen molar-refractivity contribution < 1.29 is 13.2 Å². The van der Waals surface area contributed by atoms with Crippen LogP contribution in [0.15, 0.2) is 6.33 Å². The lowest BCUT2D eigenvalue weighted by molar-refractivity contribution is 0.0542. The molecular weight excluding hydrogens is 404 g/mol. The summed E-state index contributed by atoms with van der Waals surface area (Å²) in [5, 5.41) is 3.00. The van der Waals surface area contributed by atoms with E-state index in [0.29, 0.717) is 30.6 Å². The molecule has 1 aromatic heterocycles. The van der Waals surface area contributed by atoms with Crippen LogP contribution < -0.4 is 5.32 Å². The summed E-state index contributed by atoms with van der Waals surface area (Å²) in [4.78, 5) is 25.7. The number of anilines is 1. The maximum atomic E-state index is 12.9. The second kappa shape index (κ2) is 9.57. The van der Waals surface area contributed by atoms with Gasteiger partial charge in [0, 0.05) is 44.8 Å². The smallest absolute Gasteiger partial charge is 0.272 e. The summed E-state index contributed by atoms with van der Waals surface area (Å²) in [7, 11) is 0.355. The van der Waals surface area contributed by atoms with Gasteiger partial charge in [0.15, 0.2) is 0 Å². The molecule has 30 heavy (non-hydrogen) atoms. The Morgan fingerprint density at radius 2 is 1.80 bits per heavy atom. The topological polar surface area (TPSA) is 98.7 Å². The summed E-state index contributed by atoms with van der Waals surface area (Å²) in [5.41, 5.74) is 1.24.